The fourth-order valence-corrected chi connectivity index (χ4v) is 2.39. The minimum Gasteiger partial charge on any atom is -0.358 e. The quantitative estimate of drug-likeness (QED) is 0.890. The summed E-state index contributed by atoms with van der Waals surface area (Å²) in [6.07, 6.45) is 4.59. The van der Waals surface area contributed by atoms with Crippen molar-refractivity contribution in [3.05, 3.63) is 23.9 Å². The highest BCUT2D eigenvalue weighted by Crippen LogP contribution is 2.23. The minimum absolute atomic E-state index is 0.178. The van der Waals surface area contributed by atoms with Crippen molar-refractivity contribution in [2.45, 2.75) is 45.1 Å². The Morgan fingerprint density at radius 1 is 1.39 bits per heavy atom. The Labute approximate surface area is 111 Å². The maximum Gasteiger partial charge on any atom is 0.128 e. The third-order valence-corrected chi connectivity index (χ3v) is 3.66. The number of likely N-dealkylation sites (N-methyl/N-ethyl adjacent to an activating group) is 1. The van der Waals surface area contributed by atoms with Gasteiger partial charge in [-0.05, 0) is 36.4 Å². The number of aromatic nitrogens is 1. The van der Waals surface area contributed by atoms with Crippen LogP contribution >= 0.6 is 0 Å². The van der Waals surface area contributed by atoms with Crippen LogP contribution in [0.15, 0.2) is 18.3 Å². The lowest BCUT2D eigenvalue weighted by Gasteiger charge is -2.24. The molecule has 1 N–H and O–H groups in total. The molecule has 1 aromatic heterocycles. The molecule has 2 heterocycles. The molecule has 18 heavy (non-hydrogen) atoms. The van der Waals surface area contributed by atoms with Crippen LogP contribution in [-0.4, -0.2) is 31.2 Å². The zero-order valence-corrected chi connectivity index (χ0v) is 12.0. The molecule has 100 valence electrons. The van der Waals surface area contributed by atoms with Gasteiger partial charge in [0.25, 0.3) is 0 Å². The van der Waals surface area contributed by atoms with E-state index < -0.39 is 0 Å². The van der Waals surface area contributed by atoms with Crippen LogP contribution in [0.5, 0.6) is 0 Å². The maximum absolute atomic E-state index is 4.59. The number of hydrogen-bond acceptors (Lipinski definition) is 3. The van der Waals surface area contributed by atoms with Crippen LogP contribution in [-0.2, 0) is 5.41 Å². The number of anilines is 1. The number of hydrogen-bond donors (Lipinski definition) is 1. The summed E-state index contributed by atoms with van der Waals surface area (Å²) in [4.78, 5) is 6.83. The first kappa shape index (κ1) is 13.3. The van der Waals surface area contributed by atoms with Crippen molar-refractivity contribution < 1.29 is 0 Å². The average Bonchev–Trinajstić information content (AvgIpc) is 2.81. The van der Waals surface area contributed by atoms with Gasteiger partial charge in [0.05, 0.1) is 0 Å². The van der Waals surface area contributed by atoms with Crippen LogP contribution in [0.25, 0.3) is 0 Å². The fourth-order valence-electron chi connectivity index (χ4n) is 2.39. The van der Waals surface area contributed by atoms with Gasteiger partial charge in [-0.3, -0.25) is 0 Å². The predicted octanol–water partition coefficient (Wildman–Crippen LogP) is 2.57. The summed E-state index contributed by atoms with van der Waals surface area (Å²) in [6, 6.07) is 4.95. The Balaban J connectivity index is 2.00. The first-order valence-electron chi connectivity index (χ1n) is 6.88. The minimum atomic E-state index is 0.178. The summed E-state index contributed by atoms with van der Waals surface area (Å²) in [6.45, 7) is 8.86. The van der Waals surface area contributed by atoms with Crippen LogP contribution in [0.3, 0.4) is 0 Å². The number of nitrogens with one attached hydrogen (secondary N) is 1. The van der Waals surface area contributed by atoms with Gasteiger partial charge in [-0.2, -0.15) is 0 Å². The number of rotatable bonds is 3. The van der Waals surface area contributed by atoms with Crippen molar-refractivity contribution in [1.82, 2.24) is 10.3 Å². The first-order chi connectivity index (χ1) is 8.47. The Morgan fingerprint density at radius 2 is 2.17 bits per heavy atom. The van der Waals surface area contributed by atoms with Crippen LogP contribution in [0.4, 0.5) is 5.82 Å². The number of pyridine rings is 1. The van der Waals surface area contributed by atoms with E-state index in [1.807, 2.05) is 6.20 Å². The molecule has 0 radical (unpaired) electrons. The van der Waals surface area contributed by atoms with Crippen LogP contribution in [0, 0.1) is 0 Å². The molecule has 1 aliphatic heterocycles. The third kappa shape index (κ3) is 3.22. The van der Waals surface area contributed by atoms with Crippen molar-refractivity contribution in [2.24, 2.45) is 0 Å². The van der Waals surface area contributed by atoms with Crippen LogP contribution in [0.1, 0.15) is 39.2 Å². The molecular formula is C15H25N3. The molecular weight excluding hydrogens is 222 g/mol. The molecule has 1 aromatic rings. The summed E-state index contributed by atoms with van der Waals surface area (Å²) in [5.41, 5.74) is 1.47. The van der Waals surface area contributed by atoms with Crippen molar-refractivity contribution in [1.29, 1.82) is 0 Å². The molecule has 1 atom stereocenters. The number of nitrogens with zero attached hydrogens (tertiary/aromatic N) is 2. The van der Waals surface area contributed by atoms with Crippen LogP contribution in [0.2, 0.25) is 0 Å². The van der Waals surface area contributed by atoms with Crippen molar-refractivity contribution in [3.8, 4) is 0 Å². The van der Waals surface area contributed by atoms with E-state index in [9.17, 15) is 0 Å². The monoisotopic (exact) mass is 247 g/mol. The Kier molecular flexibility index (Phi) is 3.91. The molecule has 0 aliphatic carbocycles. The lowest BCUT2D eigenvalue weighted by Crippen LogP contribution is -2.35. The van der Waals surface area contributed by atoms with Gasteiger partial charge in [0.2, 0.25) is 0 Å². The molecule has 3 nitrogen and oxygen atoms in total. The molecule has 0 amide bonds. The van der Waals surface area contributed by atoms with Gasteiger partial charge in [-0.1, -0.05) is 26.8 Å². The average molecular weight is 247 g/mol. The Hall–Kier alpha value is -1.09. The summed E-state index contributed by atoms with van der Waals surface area (Å²) in [7, 11) is 2.12. The second-order valence-electron chi connectivity index (χ2n) is 6.33. The molecule has 0 saturated carbocycles. The van der Waals surface area contributed by atoms with E-state index in [-0.39, 0.29) is 5.41 Å². The first-order valence-corrected chi connectivity index (χ1v) is 6.88. The van der Waals surface area contributed by atoms with Gasteiger partial charge in [-0.15, -0.1) is 0 Å². The predicted molar refractivity (Wildman–Crippen MR) is 77.2 cm³/mol. The van der Waals surface area contributed by atoms with E-state index in [0.717, 1.165) is 18.9 Å². The largest absolute Gasteiger partial charge is 0.358 e. The zero-order chi connectivity index (χ0) is 13.2. The lowest BCUT2D eigenvalue weighted by atomic mass is 9.88. The summed E-state index contributed by atoms with van der Waals surface area (Å²) in [5, 5.41) is 3.52. The van der Waals surface area contributed by atoms with E-state index in [4.69, 9.17) is 0 Å². The van der Waals surface area contributed by atoms with Gasteiger partial charge in [-0.25, -0.2) is 4.98 Å². The SMILES string of the molecule is CN(CC1CCCN1)c1ccc(C(C)(C)C)cn1. The van der Waals surface area contributed by atoms with E-state index in [1.54, 1.807) is 0 Å². The molecule has 0 spiro atoms. The standard InChI is InChI=1S/C15H25N3/c1-15(2,3)12-7-8-14(17-10-12)18(4)11-13-6-5-9-16-13/h7-8,10,13,16H,5-6,9,11H2,1-4H3. The van der Waals surface area contributed by atoms with Gasteiger partial charge in [0.15, 0.2) is 0 Å². The Bertz CT molecular complexity index is 372. The molecule has 2 rings (SSSR count). The highest BCUT2D eigenvalue weighted by Gasteiger charge is 2.18. The maximum atomic E-state index is 4.59. The van der Waals surface area contributed by atoms with E-state index in [1.165, 1.54) is 18.4 Å². The molecule has 1 saturated heterocycles. The van der Waals surface area contributed by atoms with Gasteiger partial charge >= 0.3 is 0 Å². The summed E-state index contributed by atoms with van der Waals surface area (Å²) >= 11 is 0. The van der Waals surface area contributed by atoms with E-state index >= 15 is 0 Å². The molecule has 1 aliphatic rings. The fraction of sp³-hybridized carbons (Fsp3) is 0.667. The highest BCUT2D eigenvalue weighted by molar-refractivity contribution is 5.39. The van der Waals surface area contributed by atoms with Crippen molar-refractivity contribution >= 4 is 5.82 Å². The third-order valence-electron chi connectivity index (χ3n) is 3.66. The van der Waals surface area contributed by atoms with Crippen molar-refractivity contribution in [2.75, 3.05) is 25.0 Å². The molecule has 3 heteroatoms. The van der Waals surface area contributed by atoms with Gasteiger partial charge in [0, 0.05) is 25.8 Å². The Morgan fingerprint density at radius 3 is 2.67 bits per heavy atom. The highest BCUT2D eigenvalue weighted by atomic mass is 15.2. The second-order valence-corrected chi connectivity index (χ2v) is 6.33. The smallest absolute Gasteiger partial charge is 0.128 e. The summed E-state index contributed by atoms with van der Waals surface area (Å²) in [5.74, 6) is 1.07. The molecule has 0 bridgehead atoms. The van der Waals surface area contributed by atoms with E-state index in [2.05, 4.69) is 55.2 Å². The zero-order valence-electron chi connectivity index (χ0n) is 12.0. The van der Waals surface area contributed by atoms with Gasteiger partial charge in [0.1, 0.15) is 5.82 Å². The second kappa shape index (κ2) is 5.27. The molecule has 0 aromatic carbocycles. The van der Waals surface area contributed by atoms with Gasteiger partial charge < -0.3 is 10.2 Å². The topological polar surface area (TPSA) is 28.2 Å². The van der Waals surface area contributed by atoms with E-state index in [0.29, 0.717) is 6.04 Å². The molecule has 1 unspecified atom stereocenters. The normalized spacial score (nSPS) is 20.1. The molecule has 1 fully saturated rings. The van der Waals surface area contributed by atoms with Crippen LogP contribution < -0.4 is 10.2 Å². The van der Waals surface area contributed by atoms with Crippen molar-refractivity contribution in [3.63, 3.8) is 0 Å². The lowest BCUT2D eigenvalue weighted by molar-refractivity contribution is 0.584. The summed E-state index contributed by atoms with van der Waals surface area (Å²) < 4.78 is 0.